The van der Waals surface area contributed by atoms with Crippen molar-refractivity contribution >= 4 is 21.7 Å². The number of aliphatic carboxylic acids is 1. The summed E-state index contributed by atoms with van der Waals surface area (Å²) in [6.07, 6.45) is 0.592. The maximum Gasteiger partial charge on any atom is 0.341 e. The summed E-state index contributed by atoms with van der Waals surface area (Å²) < 4.78 is 38.9. The third kappa shape index (κ3) is 5.76. The van der Waals surface area contributed by atoms with Gasteiger partial charge in [0.15, 0.2) is 6.61 Å². The molecule has 2 N–H and O–H groups in total. The molecule has 3 aromatic rings. The van der Waals surface area contributed by atoms with E-state index in [9.17, 15) is 13.2 Å². The summed E-state index contributed by atoms with van der Waals surface area (Å²) in [5, 5.41) is 8.73. The van der Waals surface area contributed by atoms with Gasteiger partial charge in [0, 0.05) is 17.7 Å². The van der Waals surface area contributed by atoms with Gasteiger partial charge in [-0.2, -0.15) is 0 Å². The lowest BCUT2D eigenvalue weighted by atomic mass is 10.0. The molecule has 0 saturated carbocycles. The van der Waals surface area contributed by atoms with Gasteiger partial charge in [-0.15, -0.1) is 0 Å². The highest BCUT2D eigenvalue weighted by Gasteiger charge is 2.17. The van der Waals surface area contributed by atoms with Crippen molar-refractivity contribution in [1.29, 1.82) is 0 Å². The van der Waals surface area contributed by atoms with Crippen LogP contribution in [0.4, 0.5) is 5.69 Å². The van der Waals surface area contributed by atoms with E-state index in [1.807, 2.05) is 30.3 Å². The Morgan fingerprint density at radius 1 is 1.00 bits per heavy atom. The van der Waals surface area contributed by atoms with Crippen LogP contribution in [0.25, 0.3) is 0 Å². The normalized spacial score (nSPS) is 11.0. The fraction of sp³-hybridized carbons (Fsp3) is 0.174. The van der Waals surface area contributed by atoms with Crippen molar-refractivity contribution in [3.8, 4) is 11.5 Å². The van der Waals surface area contributed by atoms with Gasteiger partial charge < -0.3 is 14.6 Å². The van der Waals surface area contributed by atoms with Crippen molar-refractivity contribution in [2.75, 3.05) is 18.4 Å². The molecule has 3 aromatic carbocycles. The van der Waals surface area contributed by atoms with Crippen molar-refractivity contribution in [2.24, 2.45) is 0 Å². The van der Waals surface area contributed by atoms with Gasteiger partial charge in [0.25, 0.3) is 10.0 Å². The van der Waals surface area contributed by atoms with Crippen LogP contribution in [0.15, 0.2) is 71.6 Å². The minimum absolute atomic E-state index is 0.0492. The Morgan fingerprint density at radius 3 is 2.35 bits per heavy atom. The zero-order valence-corrected chi connectivity index (χ0v) is 18.0. The number of nitrogens with one attached hydrogen (secondary N) is 1. The molecule has 162 valence electrons. The van der Waals surface area contributed by atoms with E-state index in [1.165, 1.54) is 18.2 Å². The van der Waals surface area contributed by atoms with E-state index in [0.29, 0.717) is 29.2 Å². The van der Waals surface area contributed by atoms with Gasteiger partial charge in [-0.05, 0) is 54.4 Å². The first kappa shape index (κ1) is 22.2. The zero-order valence-electron chi connectivity index (χ0n) is 17.2. The van der Waals surface area contributed by atoms with Crippen LogP contribution in [0.2, 0.25) is 0 Å². The highest BCUT2D eigenvalue weighted by molar-refractivity contribution is 7.92. The second-order valence-corrected chi connectivity index (χ2v) is 8.59. The highest BCUT2D eigenvalue weighted by Crippen LogP contribution is 2.28. The Labute approximate surface area is 181 Å². The van der Waals surface area contributed by atoms with Gasteiger partial charge in [0.05, 0.1) is 12.0 Å². The Bertz CT molecular complexity index is 1180. The Kier molecular flexibility index (Phi) is 6.81. The molecule has 0 saturated heterocycles. The Morgan fingerprint density at radius 2 is 1.71 bits per heavy atom. The van der Waals surface area contributed by atoms with Crippen LogP contribution in [-0.2, 0) is 21.2 Å². The number of rotatable bonds is 9. The highest BCUT2D eigenvalue weighted by atomic mass is 32.2. The number of sulfonamides is 1. The number of hydrogen-bond donors (Lipinski definition) is 2. The molecule has 0 unspecified atom stereocenters. The average Bonchev–Trinajstić information content (AvgIpc) is 2.73. The lowest BCUT2D eigenvalue weighted by Gasteiger charge is -2.14. The molecule has 0 aromatic heterocycles. The number of aryl methyl sites for hydroxylation is 1. The molecule has 0 atom stereocenters. The predicted octanol–water partition coefficient (Wildman–Crippen LogP) is 3.86. The van der Waals surface area contributed by atoms with E-state index >= 15 is 0 Å². The molecule has 0 aliphatic carbocycles. The SMILES string of the molecule is COc1ccc(NS(=O)(=O)c2ccc(OCC(=O)O)c(C)c2)cc1Cc1ccccc1. The van der Waals surface area contributed by atoms with Gasteiger partial charge in [-0.3, -0.25) is 4.72 Å². The fourth-order valence-corrected chi connectivity index (χ4v) is 4.23. The number of hydrogen-bond acceptors (Lipinski definition) is 5. The molecular weight excluding hydrogens is 418 g/mol. The molecule has 0 heterocycles. The van der Waals surface area contributed by atoms with E-state index in [0.717, 1.165) is 11.1 Å². The summed E-state index contributed by atoms with van der Waals surface area (Å²) >= 11 is 0. The topological polar surface area (TPSA) is 102 Å². The molecule has 31 heavy (non-hydrogen) atoms. The minimum atomic E-state index is -3.86. The Balaban J connectivity index is 1.83. The van der Waals surface area contributed by atoms with Crippen LogP contribution >= 0.6 is 0 Å². The first-order chi connectivity index (χ1) is 14.8. The van der Waals surface area contributed by atoms with Crippen LogP contribution < -0.4 is 14.2 Å². The smallest absolute Gasteiger partial charge is 0.341 e. The first-order valence-electron chi connectivity index (χ1n) is 9.47. The number of methoxy groups -OCH3 is 1. The number of anilines is 1. The Hall–Kier alpha value is -3.52. The van der Waals surface area contributed by atoms with E-state index in [2.05, 4.69) is 4.72 Å². The van der Waals surface area contributed by atoms with Gasteiger partial charge in [-0.25, -0.2) is 13.2 Å². The largest absolute Gasteiger partial charge is 0.496 e. The predicted molar refractivity (Wildman–Crippen MR) is 117 cm³/mol. The van der Waals surface area contributed by atoms with Gasteiger partial charge in [0.2, 0.25) is 0 Å². The van der Waals surface area contributed by atoms with E-state index in [4.69, 9.17) is 14.6 Å². The summed E-state index contributed by atoms with van der Waals surface area (Å²) in [5.74, 6) is -0.123. The molecule has 7 nitrogen and oxygen atoms in total. The lowest BCUT2D eigenvalue weighted by molar-refractivity contribution is -0.139. The molecule has 0 fully saturated rings. The molecular formula is C23H23NO6S. The van der Waals surface area contributed by atoms with Crippen molar-refractivity contribution in [1.82, 2.24) is 0 Å². The minimum Gasteiger partial charge on any atom is -0.496 e. The number of carboxylic acids is 1. The van der Waals surface area contributed by atoms with E-state index in [1.54, 1.807) is 32.2 Å². The quantitative estimate of drug-likeness (QED) is 0.523. The first-order valence-corrected chi connectivity index (χ1v) is 11.0. The number of benzene rings is 3. The summed E-state index contributed by atoms with van der Waals surface area (Å²) in [7, 11) is -2.28. The molecule has 0 spiro atoms. The summed E-state index contributed by atoms with van der Waals surface area (Å²) in [4.78, 5) is 10.7. The zero-order chi connectivity index (χ0) is 22.4. The molecule has 3 rings (SSSR count). The molecule has 0 amide bonds. The van der Waals surface area contributed by atoms with Crippen LogP contribution in [0.3, 0.4) is 0 Å². The number of ether oxygens (including phenoxy) is 2. The summed E-state index contributed by atoms with van der Waals surface area (Å²) in [6, 6.07) is 19.2. The van der Waals surface area contributed by atoms with Gasteiger partial charge >= 0.3 is 5.97 Å². The standard InChI is InChI=1S/C23H23NO6S/c1-16-12-20(9-11-21(16)30-15-23(25)26)31(27,28)24-19-8-10-22(29-2)18(14-19)13-17-6-4-3-5-7-17/h3-12,14,24H,13,15H2,1-2H3,(H,25,26). The number of carboxylic acid groups (broad SMARTS) is 1. The second-order valence-electron chi connectivity index (χ2n) is 6.90. The molecule has 0 radical (unpaired) electrons. The monoisotopic (exact) mass is 441 g/mol. The summed E-state index contributed by atoms with van der Waals surface area (Å²) in [6.45, 7) is 1.16. The van der Waals surface area contributed by atoms with Crippen molar-refractivity contribution < 1.29 is 27.8 Å². The maximum absolute atomic E-state index is 12.9. The van der Waals surface area contributed by atoms with Gasteiger partial charge in [0.1, 0.15) is 11.5 Å². The molecule has 0 aliphatic heterocycles. The maximum atomic E-state index is 12.9. The summed E-state index contributed by atoms with van der Waals surface area (Å²) in [5.41, 5.74) is 2.86. The lowest BCUT2D eigenvalue weighted by Crippen LogP contribution is -2.14. The van der Waals surface area contributed by atoms with E-state index in [-0.39, 0.29) is 4.90 Å². The van der Waals surface area contributed by atoms with Crippen LogP contribution in [-0.4, -0.2) is 33.2 Å². The number of carbonyl (C=O) groups is 1. The van der Waals surface area contributed by atoms with Gasteiger partial charge in [-0.1, -0.05) is 30.3 Å². The van der Waals surface area contributed by atoms with Crippen molar-refractivity contribution in [3.63, 3.8) is 0 Å². The third-order valence-corrected chi connectivity index (χ3v) is 5.96. The molecule has 8 heteroatoms. The average molecular weight is 442 g/mol. The van der Waals surface area contributed by atoms with Crippen molar-refractivity contribution in [3.05, 3.63) is 83.4 Å². The van der Waals surface area contributed by atoms with Crippen LogP contribution in [0.5, 0.6) is 11.5 Å². The van der Waals surface area contributed by atoms with Crippen LogP contribution in [0, 0.1) is 6.92 Å². The molecule has 0 bridgehead atoms. The van der Waals surface area contributed by atoms with Crippen LogP contribution in [0.1, 0.15) is 16.7 Å². The third-order valence-electron chi connectivity index (χ3n) is 4.58. The van der Waals surface area contributed by atoms with E-state index < -0.39 is 22.6 Å². The fourth-order valence-electron chi connectivity index (χ4n) is 3.10. The van der Waals surface area contributed by atoms with Crippen molar-refractivity contribution in [2.45, 2.75) is 18.2 Å². The molecule has 0 aliphatic rings. The second kappa shape index (κ2) is 9.53.